The number of fused-ring (bicyclic) bond motifs is 1. The summed E-state index contributed by atoms with van der Waals surface area (Å²) in [6, 6.07) is 6.70. The summed E-state index contributed by atoms with van der Waals surface area (Å²) in [5.74, 6) is 1.69. The van der Waals surface area contributed by atoms with Crippen LogP contribution in [-0.2, 0) is 0 Å². The van der Waals surface area contributed by atoms with Gasteiger partial charge in [-0.2, -0.15) is 0 Å². The fraction of sp³-hybridized carbons (Fsp3) is 0.450. The number of rotatable bonds is 4. The van der Waals surface area contributed by atoms with Crippen molar-refractivity contribution in [2.24, 2.45) is 5.92 Å². The van der Waals surface area contributed by atoms with Gasteiger partial charge in [0, 0.05) is 33.6 Å². The van der Waals surface area contributed by atoms with E-state index in [2.05, 4.69) is 41.7 Å². The number of aryl methyl sites for hydroxylation is 1. The van der Waals surface area contributed by atoms with Crippen LogP contribution < -0.4 is 10.1 Å². The van der Waals surface area contributed by atoms with E-state index in [1.165, 1.54) is 36.6 Å². The molecule has 5 heteroatoms. The number of anilines is 1. The zero-order valence-corrected chi connectivity index (χ0v) is 15.9. The van der Waals surface area contributed by atoms with Crippen molar-refractivity contribution in [3.05, 3.63) is 29.3 Å². The number of aromatic nitrogens is 2. The SMILES string of the molecule is COc1ccc2[nH]c(C)c(-c3csc(N[C@H]4CCC[C@H](C)C4)n3)c2c1. The lowest BCUT2D eigenvalue weighted by molar-refractivity contribution is 0.358. The van der Waals surface area contributed by atoms with E-state index in [0.29, 0.717) is 6.04 Å². The van der Waals surface area contributed by atoms with Crippen LogP contribution in [0.3, 0.4) is 0 Å². The second kappa shape index (κ2) is 6.71. The van der Waals surface area contributed by atoms with Gasteiger partial charge in [-0.3, -0.25) is 0 Å². The van der Waals surface area contributed by atoms with Crippen LogP contribution in [0.1, 0.15) is 38.3 Å². The molecule has 132 valence electrons. The first-order valence-electron chi connectivity index (χ1n) is 9.03. The predicted octanol–water partition coefficient (Wildman–Crippen LogP) is 5.60. The Kier molecular flexibility index (Phi) is 4.42. The number of benzene rings is 1. The summed E-state index contributed by atoms with van der Waals surface area (Å²) >= 11 is 1.70. The molecule has 25 heavy (non-hydrogen) atoms. The van der Waals surface area contributed by atoms with Gasteiger partial charge in [0.15, 0.2) is 5.13 Å². The smallest absolute Gasteiger partial charge is 0.183 e. The average Bonchev–Trinajstić information content (AvgIpc) is 3.17. The molecule has 1 aliphatic carbocycles. The Morgan fingerprint density at radius 3 is 3.00 bits per heavy atom. The molecule has 0 saturated heterocycles. The highest BCUT2D eigenvalue weighted by Gasteiger charge is 2.20. The van der Waals surface area contributed by atoms with Gasteiger partial charge in [-0.15, -0.1) is 11.3 Å². The van der Waals surface area contributed by atoms with E-state index in [-0.39, 0.29) is 0 Å². The number of hydrogen-bond donors (Lipinski definition) is 2. The Bertz CT molecular complexity index is 882. The Morgan fingerprint density at radius 2 is 2.20 bits per heavy atom. The van der Waals surface area contributed by atoms with Gasteiger partial charge in [0.25, 0.3) is 0 Å². The zero-order valence-electron chi connectivity index (χ0n) is 15.1. The molecule has 2 aromatic heterocycles. The number of nitrogens with one attached hydrogen (secondary N) is 2. The summed E-state index contributed by atoms with van der Waals surface area (Å²) in [4.78, 5) is 8.35. The first kappa shape index (κ1) is 16.5. The normalized spacial score (nSPS) is 20.8. The lowest BCUT2D eigenvalue weighted by Crippen LogP contribution is -2.26. The molecule has 2 heterocycles. The maximum absolute atomic E-state index is 5.39. The van der Waals surface area contributed by atoms with Crippen molar-refractivity contribution in [3.63, 3.8) is 0 Å². The number of methoxy groups -OCH3 is 1. The maximum atomic E-state index is 5.39. The molecule has 0 spiro atoms. The fourth-order valence-electron chi connectivity index (χ4n) is 3.96. The number of H-pyrrole nitrogens is 1. The average molecular weight is 356 g/mol. The van der Waals surface area contributed by atoms with Gasteiger partial charge >= 0.3 is 0 Å². The van der Waals surface area contributed by atoms with Crippen LogP contribution in [0.2, 0.25) is 0 Å². The summed E-state index contributed by atoms with van der Waals surface area (Å²) < 4.78 is 5.39. The Morgan fingerprint density at radius 1 is 1.32 bits per heavy atom. The first-order valence-corrected chi connectivity index (χ1v) is 9.90. The molecule has 2 N–H and O–H groups in total. The second-order valence-corrected chi connectivity index (χ2v) is 8.05. The zero-order chi connectivity index (χ0) is 17.4. The third-order valence-corrected chi connectivity index (χ3v) is 5.99. The van der Waals surface area contributed by atoms with E-state index in [1.807, 2.05) is 6.07 Å². The lowest BCUT2D eigenvalue weighted by atomic mass is 9.87. The molecule has 2 atom stereocenters. The molecular formula is C20H25N3OS. The number of thiazole rings is 1. The van der Waals surface area contributed by atoms with Gasteiger partial charge in [0.1, 0.15) is 5.75 Å². The molecule has 0 aliphatic heterocycles. The summed E-state index contributed by atoms with van der Waals surface area (Å²) in [6.07, 6.45) is 5.18. The van der Waals surface area contributed by atoms with E-state index in [9.17, 15) is 0 Å². The van der Waals surface area contributed by atoms with Crippen LogP contribution in [0, 0.1) is 12.8 Å². The van der Waals surface area contributed by atoms with Gasteiger partial charge in [-0.05, 0) is 43.9 Å². The highest BCUT2D eigenvalue weighted by Crippen LogP contribution is 2.36. The minimum absolute atomic E-state index is 0.562. The molecule has 4 nitrogen and oxygen atoms in total. The molecule has 0 radical (unpaired) electrons. The van der Waals surface area contributed by atoms with Gasteiger partial charge in [0.05, 0.1) is 12.8 Å². The lowest BCUT2D eigenvalue weighted by Gasteiger charge is -2.27. The Labute approximate surface area is 152 Å². The summed E-state index contributed by atoms with van der Waals surface area (Å²) in [7, 11) is 1.70. The predicted molar refractivity (Wildman–Crippen MR) is 106 cm³/mol. The van der Waals surface area contributed by atoms with E-state index in [1.54, 1.807) is 18.4 Å². The number of nitrogens with zero attached hydrogens (tertiary/aromatic N) is 1. The van der Waals surface area contributed by atoms with E-state index < -0.39 is 0 Å². The van der Waals surface area contributed by atoms with Crippen LogP contribution in [-0.4, -0.2) is 23.1 Å². The molecule has 3 aromatic rings. The van der Waals surface area contributed by atoms with Crippen molar-refractivity contribution >= 4 is 27.4 Å². The quantitative estimate of drug-likeness (QED) is 0.640. The Hall–Kier alpha value is -2.01. The van der Waals surface area contributed by atoms with Crippen LogP contribution in [0.5, 0.6) is 5.75 Å². The van der Waals surface area contributed by atoms with Gasteiger partial charge in [0.2, 0.25) is 0 Å². The van der Waals surface area contributed by atoms with Gasteiger partial charge in [-0.1, -0.05) is 19.8 Å². The van der Waals surface area contributed by atoms with Gasteiger partial charge < -0.3 is 15.0 Å². The molecule has 0 unspecified atom stereocenters. The first-order chi connectivity index (χ1) is 12.1. The summed E-state index contributed by atoms with van der Waals surface area (Å²) in [5, 5.41) is 8.01. The molecular weight excluding hydrogens is 330 g/mol. The number of hydrogen-bond acceptors (Lipinski definition) is 4. The highest BCUT2D eigenvalue weighted by atomic mass is 32.1. The largest absolute Gasteiger partial charge is 0.497 e. The van der Waals surface area contributed by atoms with Crippen LogP contribution >= 0.6 is 11.3 Å². The van der Waals surface area contributed by atoms with Crippen molar-refractivity contribution in [1.82, 2.24) is 9.97 Å². The number of aromatic amines is 1. The summed E-state index contributed by atoms with van der Waals surface area (Å²) in [6.45, 7) is 4.46. The van der Waals surface area contributed by atoms with Crippen molar-refractivity contribution in [1.29, 1.82) is 0 Å². The number of ether oxygens (including phenoxy) is 1. The molecule has 1 aliphatic rings. The van der Waals surface area contributed by atoms with Crippen LogP contribution in [0.25, 0.3) is 22.2 Å². The molecule has 1 saturated carbocycles. The minimum atomic E-state index is 0.562. The molecule has 0 amide bonds. The molecule has 1 aromatic carbocycles. The summed E-state index contributed by atoms with van der Waals surface area (Å²) in [5.41, 5.74) is 4.48. The molecule has 0 bridgehead atoms. The third kappa shape index (κ3) is 3.25. The molecule has 1 fully saturated rings. The third-order valence-electron chi connectivity index (χ3n) is 5.22. The second-order valence-electron chi connectivity index (χ2n) is 7.19. The fourth-order valence-corrected chi connectivity index (χ4v) is 4.74. The topological polar surface area (TPSA) is 49.9 Å². The van der Waals surface area contributed by atoms with E-state index >= 15 is 0 Å². The Balaban J connectivity index is 1.63. The van der Waals surface area contributed by atoms with Crippen molar-refractivity contribution in [3.8, 4) is 17.0 Å². The van der Waals surface area contributed by atoms with Crippen molar-refractivity contribution in [2.75, 3.05) is 12.4 Å². The molecule has 4 rings (SSSR count). The van der Waals surface area contributed by atoms with E-state index in [4.69, 9.17) is 9.72 Å². The maximum Gasteiger partial charge on any atom is 0.183 e. The van der Waals surface area contributed by atoms with Crippen molar-refractivity contribution < 1.29 is 4.74 Å². The van der Waals surface area contributed by atoms with Gasteiger partial charge in [-0.25, -0.2) is 4.98 Å². The van der Waals surface area contributed by atoms with Crippen molar-refractivity contribution in [2.45, 2.75) is 45.6 Å². The van der Waals surface area contributed by atoms with E-state index in [0.717, 1.165) is 33.7 Å². The monoisotopic (exact) mass is 355 g/mol. The van der Waals surface area contributed by atoms with Crippen LogP contribution in [0.15, 0.2) is 23.6 Å². The highest BCUT2D eigenvalue weighted by molar-refractivity contribution is 7.14. The van der Waals surface area contributed by atoms with Crippen LogP contribution in [0.4, 0.5) is 5.13 Å². The minimum Gasteiger partial charge on any atom is -0.497 e. The standard InChI is InChI=1S/C20H25N3OS/c1-12-5-4-6-14(9-12)22-20-23-18(11-25-20)19-13(2)21-17-8-7-15(24-3)10-16(17)19/h7-8,10-12,14,21H,4-6,9H2,1-3H3,(H,22,23)/t12-,14-/m0/s1.